The summed E-state index contributed by atoms with van der Waals surface area (Å²) in [5.41, 5.74) is -0.129. The highest BCUT2D eigenvalue weighted by molar-refractivity contribution is 7.62. The van der Waals surface area contributed by atoms with Crippen molar-refractivity contribution in [2.24, 2.45) is 4.36 Å². The number of carbonyl (C=O) groups is 2. The third-order valence-electron chi connectivity index (χ3n) is 3.18. The van der Waals surface area contributed by atoms with Crippen LogP contribution in [0, 0.1) is 0 Å². The van der Waals surface area contributed by atoms with E-state index in [4.69, 9.17) is 11.6 Å². The van der Waals surface area contributed by atoms with Gasteiger partial charge in [-0.15, -0.1) is 24.5 Å². The minimum atomic E-state index is -4.92. The van der Waals surface area contributed by atoms with Gasteiger partial charge >= 0.3 is 16.9 Å². The Labute approximate surface area is 171 Å². The summed E-state index contributed by atoms with van der Waals surface area (Å²) in [7, 11) is -3.06. The molecule has 0 fully saturated rings. The summed E-state index contributed by atoms with van der Waals surface area (Å²) in [5.74, 6) is -2.65. The summed E-state index contributed by atoms with van der Waals surface area (Å²) in [6.07, 6.45) is -6.35. The predicted molar refractivity (Wildman–Crippen MR) is 97.4 cm³/mol. The van der Waals surface area contributed by atoms with Crippen molar-refractivity contribution in [2.75, 3.05) is 5.32 Å². The first-order valence-electron chi connectivity index (χ1n) is 7.41. The Morgan fingerprint density at radius 1 is 1.31 bits per heavy atom. The van der Waals surface area contributed by atoms with Crippen molar-refractivity contribution >= 4 is 50.3 Å². The lowest BCUT2D eigenvalue weighted by atomic mass is 10.1. The molecule has 0 radical (unpaired) electrons. The Hall–Kier alpha value is -2.48. The molecule has 2 N–H and O–H groups in total. The minimum Gasteiger partial charge on any atom is -0.406 e. The maximum absolute atomic E-state index is 12.3. The van der Waals surface area contributed by atoms with Crippen LogP contribution < -0.4 is 10.1 Å². The second-order valence-electron chi connectivity index (χ2n) is 5.32. The van der Waals surface area contributed by atoms with Crippen molar-refractivity contribution < 1.29 is 41.0 Å². The quantitative estimate of drug-likeness (QED) is 0.689. The number of halogens is 4. The molecule has 1 atom stereocenters. The Bertz CT molecular complexity index is 1090. The predicted octanol–water partition coefficient (Wildman–Crippen LogP) is 3.49. The second-order valence-corrected chi connectivity index (χ2v) is 7.40. The van der Waals surface area contributed by atoms with Gasteiger partial charge in [-0.1, -0.05) is 16.0 Å². The third kappa shape index (κ3) is 6.25. The molecule has 2 rings (SSSR count). The molecule has 156 valence electrons. The van der Waals surface area contributed by atoms with Crippen LogP contribution in [-0.2, 0) is 15.3 Å². The molecule has 1 aromatic heterocycles. The molecule has 0 saturated heterocycles. The standard InChI is InChI=1S/C15H10ClF3N2O6S2/c1-6(22)12(23)20-14-9(13(24)21-29(25)26)5-11(28-14)8-3-2-7(4-10(8)16)27-15(17,18)19/h2-6,22H,1H3,(H,20,23). The Morgan fingerprint density at radius 2 is 1.97 bits per heavy atom. The lowest BCUT2D eigenvalue weighted by molar-refractivity contribution is -0.274. The highest BCUT2D eigenvalue weighted by Gasteiger charge is 2.31. The van der Waals surface area contributed by atoms with Gasteiger partial charge < -0.3 is 15.2 Å². The van der Waals surface area contributed by atoms with Crippen molar-refractivity contribution in [2.45, 2.75) is 19.4 Å². The van der Waals surface area contributed by atoms with Gasteiger partial charge in [0.15, 0.2) is 0 Å². The summed E-state index contributed by atoms with van der Waals surface area (Å²) in [6.45, 7) is 1.17. The second kappa shape index (κ2) is 8.90. The zero-order valence-electron chi connectivity index (χ0n) is 14.2. The van der Waals surface area contributed by atoms with Gasteiger partial charge in [-0.25, -0.2) is 0 Å². The van der Waals surface area contributed by atoms with Crippen LogP contribution in [0.3, 0.4) is 0 Å². The van der Waals surface area contributed by atoms with E-state index in [1.165, 1.54) is 13.0 Å². The Kier molecular flexibility index (Phi) is 7.00. The van der Waals surface area contributed by atoms with Crippen molar-refractivity contribution in [3.8, 4) is 16.2 Å². The van der Waals surface area contributed by atoms with E-state index in [0.29, 0.717) is 0 Å². The molecule has 2 aromatic rings. The third-order valence-corrected chi connectivity index (χ3v) is 4.89. The van der Waals surface area contributed by atoms with Crippen molar-refractivity contribution in [3.63, 3.8) is 0 Å². The molecule has 1 aromatic carbocycles. The van der Waals surface area contributed by atoms with Crippen LogP contribution in [-0.4, -0.2) is 37.8 Å². The van der Waals surface area contributed by atoms with E-state index >= 15 is 0 Å². The van der Waals surface area contributed by atoms with E-state index < -0.39 is 40.5 Å². The number of nitrogens with one attached hydrogen (secondary N) is 1. The molecule has 2 amide bonds. The van der Waals surface area contributed by atoms with Crippen LogP contribution in [0.5, 0.6) is 5.75 Å². The molecule has 1 heterocycles. The van der Waals surface area contributed by atoms with Crippen molar-refractivity contribution in [3.05, 3.63) is 34.9 Å². The van der Waals surface area contributed by atoms with Gasteiger partial charge in [0.25, 0.3) is 11.8 Å². The molecule has 0 bridgehead atoms. The number of alkyl halides is 3. The van der Waals surface area contributed by atoms with E-state index in [1.54, 1.807) is 0 Å². The molecular weight excluding hydrogens is 461 g/mol. The molecule has 0 saturated carbocycles. The summed E-state index contributed by atoms with van der Waals surface area (Å²) >= 11 is 6.77. The zero-order chi connectivity index (χ0) is 21.9. The highest BCUT2D eigenvalue weighted by atomic mass is 35.5. The van der Waals surface area contributed by atoms with Crippen LogP contribution in [0.4, 0.5) is 18.2 Å². The van der Waals surface area contributed by atoms with Gasteiger partial charge in [-0.3, -0.25) is 9.59 Å². The fourth-order valence-corrected chi connectivity index (χ4v) is 3.66. The maximum atomic E-state index is 12.3. The first kappa shape index (κ1) is 22.8. The normalized spacial score (nSPS) is 12.2. The van der Waals surface area contributed by atoms with Crippen LogP contribution in [0.15, 0.2) is 28.6 Å². The number of carbonyl (C=O) groups excluding carboxylic acids is 2. The number of nitrogens with zero attached hydrogens (tertiary/aromatic N) is 1. The van der Waals surface area contributed by atoms with E-state index in [9.17, 15) is 36.3 Å². The number of thiophene rings is 1. The topological polar surface area (TPSA) is 122 Å². The maximum Gasteiger partial charge on any atom is 0.573 e. The fraction of sp³-hybridized carbons (Fsp3) is 0.200. The largest absolute Gasteiger partial charge is 0.573 e. The summed E-state index contributed by atoms with van der Waals surface area (Å²) < 4.78 is 64.9. The van der Waals surface area contributed by atoms with E-state index in [-0.39, 0.29) is 26.0 Å². The number of rotatable bonds is 5. The molecule has 0 aliphatic heterocycles. The van der Waals surface area contributed by atoms with Gasteiger partial charge in [0.1, 0.15) is 16.9 Å². The molecule has 0 aliphatic carbocycles. The molecule has 29 heavy (non-hydrogen) atoms. The highest BCUT2D eigenvalue weighted by Crippen LogP contribution is 2.40. The average Bonchev–Trinajstić information content (AvgIpc) is 2.96. The minimum absolute atomic E-state index is 0.128. The van der Waals surface area contributed by atoms with Crippen molar-refractivity contribution in [1.29, 1.82) is 0 Å². The molecule has 14 heteroatoms. The first-order chi connectivity index (χ1) is 13.4. The first-order valence-corrected chi connectivity index (χ1v) is 9.64. The molecular formula is C15H10ClF3N2O6S2. The number of hydrogen-bond acceptors (Lipinski definition) is 7. The van der Waals surface area contributed by atoms with Crippen molar-refractivity contribution in [1.82, 2.24) is 0 Å². The Morgan fingerprint density at radius 3 is 2.48 bits per heavy atom. The zero-order valence-corrected chi connectivity index (χ0v) is 16.5. The van der Waals surface area contributed by atoms with Gasteiger partial charge in [0.05, 0.1) is 10.6 Å². The molecule has 1 unspecified atom stereocenters. The van der Waals surface area contributed by atoms with E-state index in [2.05, 4.69) is 14.4 Å². The van der Waals surface area contributed by atoms with Gasteiger partial charge in [0, 0.05) is 10.4 Å². The van der Waals surface area contributed by atoms with E-state index in [0.717, 1.165) is 29.5 Å². The molecule has 0 aliphatic rings. The smallest absolute Gasteiger partial charge is 0.406 e. The monoisotopic (exact) mass is 470 g/mol. The molecule has 0 spiro atoms. The Balaban J connectivity index is 2.50. The number of hydrogen-bond donors (Lipinski definition) is 2. The van der Waals surface area contributed by atoms with Gasteiger partial charge in [-0.05, 0) is 31.2 Å². The summed E-state index contributed by atoms with van der Waals surface area (Å²) in [4.78, 5) is 24.0. The van der Waals surface area contributed by atoms with Crippen LogP contribution in [0.2, 0.25) is 5.02 Å². The summed E-state index contributed by atoms with van der Waals surface area (Å²) in [6, 6.07) is 4.23. The number of anilines is 1. The van der Waals surface area contributed by atoms with Crippen LogP contribution >= 0.6 is 22.9 Å². The number of aliphatic hydroxyl groups excluding tert-OH is 1. The van der Waals surface area contributed by atoms with Gasteiger partial charge in [0.2, 0.25) is 0 Å². The van der Waals surface area contributed by atoms with Gasteiger partial charge in [-0.2, -0.15) is 8.42 Å². The number of aliphatic hydroxyl groups is 1. The SMILES string of the molecule is CC(O)C(=O)Nc1sc(-c2ccc(OC(F)(F)F)cc2Cl)cc1C(=O)N=S(=O)=O. The van der Waals surface area contributed by atoms with Crippen LogP contribution in [0.1, 0.15) is 17.3 Å². The van der Waals surface area contributed by atoms with E-state index in [1.807, 2.05) is 0 Å². The number of benzene rings is 1. The fourth-order valence-electron chi connectivity index (χ4n) is 2.00. The average molecular weight is 471 g/mol. The lowest BCUT2D eigenvalue weighted by Crippen LogP contribution is -2.24. The number of ether oxygens (including phenoxy) is 1. The van der Waals surface area contributed by atoms with Crippen LogP contribution in [0.25, 0.3) is 10.4 Å². The molecule has 8 nitrogen and oxygen atoms in total. The summed E-state index contributed by atoms with van der Waals surface area (Å²) in [5, 5.41) is 11.3. The lowest BCUT2D eigenvalue weighted by Gasteiger charge is -2.10. The number of amides is 2.